The molecule has 0 heterocycles. The normalized spacial score (nSPS) is 10.8. The molecule has 8 heteroatoms. The first-order chi connectivity index (χ1) is 13.8. The van der Waals surface area contributed by atoms with E-state index in [1.807, 2.05) is 0 Å². The highest BCUT2D eigenvalue weighted by atomic mass is 16.5. The van der Waals surface area contributed by atoms with Crippen molar-refractivity contribution in [2.24, 2.45) is 5.41 Å². The summed E-state index contributed by atoms with van der Waals surface area (Å²) in [7, 11) is 0. The molecule has 0 aliphatic rings. The fourth-order valence-electron chi connectivity index (χ4n) is 1.96. The van der Waals surface area contributed by atoms with Gasteiger partial charge in [-0.3, -0.25) is 19.2 Å². The van der Waals surface area contributed by atoms with Crippen molar-refractivity contribution in [2.45, 2.75) is 0 Å². The summed E-state index contributed by atoms with van der Waals surface area (Å²) in [5, 5.41) is 0. The van der Waals surface area contributed by atoms with E-state index in [-0.39, 0.29) is 76.0 Å². The summed E-state index contributed by atoms with van der Waals surface area (Å²) in [6.07, 6.45) is 4.50. The molecule has 0 aromatic rings. The Balaban J connectivity index is 5.23. The molecular weight excluding hydrogens is 380 g/mol. The van der Waals surface area contributed by atoms with Crippen molar-refractivity contribution in [1.29, 1.82) is 0 Å². The molecular formula is C21H28O8. The standard InChI is InChI=1S/C21H28O8/c1-5-17(22)9-26-13-21(14-27-10-18(23)6-2,15-28-11-19(24)7-3)16-29-12-20(25)8-4/h5-8H,1-4,9-16H2. The highest BCUT2D eigenvalue weighted by Gasteiger charge is 2.33. The van der Waals surface area contributed by atoms with Gasteiger partial charge in [0.25, 0.3) is 0 Å². The van der Waals surface area contributed by atoms with Gasteiger partial charge in [-0.25, -0.2) is 0 Å². The third-order valence-electron chi connectivity index (χ3n) is 3.52. The van der Waals surface area contributed by atoms with Crippen LogP contribution in [-0.4, -0.2) is 76.0 Å². The maximum Gasteiger partial charge on any atom is 0.180 e. The first-order valence-corrected chi connectivity index (χ1v) is 8.74. The van der Waals surface area contributed by atoms with Crippen LogP contribution in [0.4, 0.5) is 0 Å². The fourth-order valence-corrected chi connectivity index (χ4v) is 1.96. The molecule has 0 aliphatic heterocycles. The molecule has 8 nitrogen and oxygen atoms in total. The first kappa shape index (κ1) is 26.5. The molecule has 160 valence electrons. The molecule has 0 radical (unpaired) electrons. The van der Waals surface area contributed by atoms with Gasteiger partial charge in [-0.2, -0.15) is 0 Å². The van der Waals surface area contributed by atoms with Crippen molar-refractivity contribution < 1.29 is 38.1 Å². The summed E-state index contributed by atoms with van der Waals surface area (Å²) in [6, 6.07) is 0. The van der Waals surface area contributed by atoms with Crippen LogP contribution in [0.15, 0.2) is 50.6 Å². The maximum absolute atomic E-state index is 11.4. The van der Waals surface area contributed by atoms with E-state index in [4.69, 9.17) is 18.9 Å². The maximum atomic E-state index is 11.4. The van der Waals surface area contributed by atoms with Crippen LogP contribution in [0.25, 0.3) is 0 Å². The van der Waals surface area contributed by atoms with E-state index in [0.717, 1.165) is 24.3 Å². The molecule has 0 aliphatic carbocycles. The summed E-state index contributed by atoms with van der Waals surface area (Å²) >= 11 is 0. The van der Waals surface area contributed by atoms with E-state index >= 15 is 0 Å². The zero-order valence-electron chi connectivity index (χ0n) is 16.6. The molecule has 0 bridgehead atoms. The number of hydrogen-bond acceptors (Lipinski definition) is 8. The molecule has 0 amide bonds. The van der Waals surface area contributed by atoms with Gasteiger partial charge in [0.2, 0.25) is 0 Å². The Labute approximate surface area is 170 Å². The molecule has 0 saturated carbocycles. The lowest BCUT2D eigenvalue weighted by Gasteiger charge is -2.32. The van der Waals surface area contributed by atoms with Gasteiger partial charge in [-0.1, -0.05) is 26.3 Å². The van der Waals surface area contributed by atoms with Gasteiger partial charge in [-0.05, 0) is 24.3 Å². The topological polar surface area (TPSA) is 105 Å². The van der Waals surface area contributed by atoms with Crippen molar-refractivity contribution >= 4 is 23.1 Å². The Morgan fingerprint density at radius 3 is 0.897 bits per heavy atom. The molecule has 29 heavy (non-hydrogen) atoms. The minimum Gasteiger partial charge on any atom is -0.372 e. The van der Waals surface area contributed by atoms with Gasteiger partial charge in [0.15, 0.2) is 23.1 Å². The zero-order chi connectivity index (χ0) is 22.1. The molecule has 0 atom stereocenters. The average molecular weight is 408 g/mol. The highest BCUT2D eigenvalue weighted by molar-refractivity contribution is 5.91. The summed E-state index contributed by atoms with van der Waals surface area (Å²) in [5.74, 6) is -1.31. The van der Waals surface area contributed by atoms with Crippen LogP contribution in [0.2, 0.25) is 0 Å². The van der Waals surface area contributed by atoms with Crippen molar-refractivity contribution in [3.8, 4) is 0 Å². The monoisotopic (exact) mass is 408 g/mol. The predicted molar refractivity (Wildman–Crippen MR) is 107 cm³/mol. The van der Waals surface area contributed by atoms with Gasteiger partial charge in [0.1, 0.15) is 26.4 Å². The first-order valence-electron chi connectivity index (χ1n) is 8.74. The van der Waals surface area contributed by atoms with Crippen LogP contribution >= 0.6 is 0 Å². The van der Waals surface area contributed by atoms with E-state index in [1.54, 1.807) is 0 Å². The Kier molecular flexibility index (Phi) is 14.1. The second-order valence-corrected chi connectivity index (χ2v) is 6.15. The van der Waals surface area contributed by atoms with Gasteiger partial charge < -0.3 is 18.9 Å². The third kappa shape index (κ3) is 12.5. The number of hydrogen-bond donors (Lipinski definition) is 0. The van der Waals surface area contributed by atoms with Crippen LogP contribution in [0.3, 0.4) is 0 Å². The van der Waals surface area contributed by atoms with E-state index in [1.165, 1.54) is 0 Å². The van der Waals surface area contributed by atoms with Crippen molar-refractivity contribution in [1.82, 2.24) is 0 Å². The largest absolute Gasteiger partial charge is 0.372 e. The average Bonchev–Trinajstić information content (AvgIpc) is 2.72. The SMILES string of the molecule is C=CC(=O)COCC(COCC(=O)C=C)(COCC(=O)C=C)COCC(=O)C=C. The van der Waals surface area contributed by atoms with Crippen molar-refractivity contribution in [2.75, 3.05) is 52.9 Å². The third-order valence-corrected chi connectivity index (χ3v) is 3.52. The van der Waals surface area contributed by atoms with Gasteiger partial charge in [0.05, 0.1) is 31.8 Å². The smallest absolute Gasteiger partial charge is 0.180 e. The van der Waals surface area contributed by atoms with Crippen LogP contribution in [0.1, 0.15) is 0 Å². The minimum absolute atomic E-state index is 0.0561. The molecule has 0 aromatic carbocycles. The molecule has 0 aromatic heterocycles. The van der Waals surface area contributed by atoms with Crippen LogP contribution in [-0.2, 0) is 38.1 Å². The lowest BCUT2D eigenvalue weighted by molar-refractivity contribution is -0.137. The summed E-state index contributed by atoms with van der Waals surface area (Å²) in [6.45, 7) is 12.3. The van der Waals surface area contributed by atoms with E-state index < -0.39 is 5.41 Å². The summed E-state index contributed by atoms with van der Waals surface area (Å²) in [5.41, 5.74) is -0.994. The lowest BCUT2D eigenvalue weighted by Crippen LogP contribution is -2.43. The van der Waals surface area contributed by atoms with Crippen molar-refractivity contribution in [3.05, 3.63) is 50.6 Å². The van der Waals surface area contributed by atoms with E-state index in [2.05, 4.69) is 26.3 Å². The Morgan fingerprint density at radius 2 is 0.724 bits per heavy atom. The van der Waals surface area contributed by atoms with E-state index in [9.17, 15) is 19.2 Å². The van der Waals surface area contributed by atoms with Crippen LogP contribution in [0.5, 0.6) is 0 Å². The molecule has 0 spiro atoms. The summed E-state index contributed by atoms with van der Waals surface area (Å²) in [4.78, 5) is 45.7. The van der Waals surface area contributed by atoms with Crippen LogP contribution in [0, 0.1) is 5.41 Å². The number of carbonyl (C=O) groups is 4. The molecule has 0 saturated heterocycles. The molecule has 0 fully saturated rings. The second-order valence-electron chi connectivity index (χ2n) is 6.15. The Morgan fingerprint density at radius 1 is 0.517 bits per heavy atom. The molecule has 0 N–H and O–H groups in total. The Bertz CT molecular complexity index is 511. The van der Waals surface area contributed by atoms with Gasteiger partial charge in [0, 0.05) is 0 Å². The highest BCUT2D eigenvalue weighted by Crippen LogP contribution is 2.21. The number of ether oxygens (including phenoxy) is 4. The molecule has 0 unspecified atom stereocenters. The van der Waals surface area contributed by atoms with Crippen LogP contribution < -0.4 is 0 Å². The number of carbonyl (C=O) groups excluding carboxylic acids is 4. The zero-order valence-corrected chi connectivity index (χ0v) is 16.6. The Hall–Kier alpha value is -2.52. The number of ketones is 4. The molecule has 0 rings (SSSR count). The minimum atomic E-state index is -0.994. The number of rotatable bonds is 20. The fraction of sp³-hybridized carbons (Fsp3) is 0.429. The van der Waals surface area contributed by atoms with E-state index in [0.29, 0.717) is 0 Å². The van der Waals surface area contributed by atoms with Gasteiger partial charge >= 0.3 is 0 Å². The van der Waals surface area contributed by atoms with Crippen molar-refractivity contribution in [3.63, 3.8) is 0 Å². The quantitative estimate of drug-likeness (QED) is 0.275. The van der Waals surface area contributed by atoms with Gasteiger partial charge in [-0.15, -0.1) is 0 Å². The predicted octanol–water partition coefficient (Wildman–Crippen LogP) is 1.06. The summed E-state index contributed by atoms with van der Waals surface area (Å²) < 4.78 is 21.7. The second kappa shape index (κ2) is 15.4. The lowest BCUT2D eigenvalue weighted by atomic mass is 9.92.